The Balaban J connectivity index is 0.00000176. The highest BCUT2D eigenvalue weighted by Crippen LogP contribution is 2.46. The molecule has 2 aromatic rings. The van der Waals surface area contributed by atoms with Crippen LogP contribution in [0, 0.1) is 0 Å². The van der Waals surface area contributed by atoms with E-state index < -0.39 is 0 Å². The van der Waals surface area contributed by atoms with Crippen LogP contribution in [-0.2, 0) is 12.0 Å². The molecule has 3 rings (SSSR count). The zero-order valence-corrected chi connectivity index (χ0v) is 15.1. The molecule has 4 nitrogen and oxygen atoms in total. The molecular weight excluding hydrogens is 386 g/mol. The number of hydrogen-bond acceptors (Lipinski definition) is 4. The molecule has 1 heterocycles. The summed E-state index contributed by atoms with van der Waals surface area (Å²) in [6.45, 7) is 0.552. The van der Waals surface area contributed by atoms with E-state index >= 15 is 0 Å². The summed E-state index contributed by atoms with van der Waals surface area (Å²) in [5.41, 5.74) is 6.92. The Bertz CT molecular complexity index is 672. The molecule has 1 aliphatic rings. The van der Waals surface area contributed by atoms with Crippen LogP contribution in [0.3, 0.4) is 0 Å². The van der Waals surface area contributed by atoms with Gasteiger partial charge < -0.3 is 11.1 Å². The number of benzene rings is 1. The van der Waals surface area contributed by atoms with Crippen molar-refractivity contribution in [3.63, 3.8) is 0 Å². The first-order valence-corrected chi connectivity index (χ1v) is 8.53. The van der Waals surface area contributed by atoms with Gasteiger partial charge in [0.25, 0.3) is 5.91 Å². The maximum Gasteiger partial charge on any atom is 0.271 e. The molecule has 22 heavy (non-hydrogen) atoms. The van der Waals surface area contributed by atoms with E-state index in [1.807, 2.05) is 12.1 Å². The van der Waals surface area contributed by atoms with Gasteiger partial charge >= 0.3 is 0 Å². The summed E-state index contributed by atoms with van der Waals surface area (Å²) in [7, 11) is 0. The largest absolute Gasteiger partial charge is 0.341 e. The van der Waals surface area contributed by atoms with E-state index in [9.17, 15) is 4.79 Å². The van der Waals surface area contributed by atoms with Gasteiger partial charge in [0.05, 0.1) is 10.5 Å². The van der Waals surface area contributed by atoms with Crippen LogP contribution in [0.5, 0.6) is 0 Å². The minimum absolute atomic E-state index is 0. The smallest absolute Gasteiger partial charge is 0.271 e. The fourth-order valence-corrected chi connectivity index (χ4v) is 3.53. The normalized spacial score (nSPS) is 15.0. The van der Waals surface area contributed by atoms with Gasteiger partial charge in [0.15, 0.2) is 0 Å². The van der Waals surface area contributed by atoms with Crippen molar-refractivity contribution in [3.8, 4) is 0 Å². The Labute approximate surface area is 148 Å². The van der Waals surface area contributed by atoms with Crippen molar-refractivity contribution in [2.45, 2.75) is 24.8 Å². The highest BCUT2D eigenvalue weighted by Gasteiger charge is 2.46. The van der Waals surface area contributed by atoms with Gasteiger partial charge in [-0.1, -0.05) is 28.1 Å². The van der Waals surface area contributed by atoms with Crippen molar-refractivity contribution in [1.82, 2.24) is 10.3 Å². The molecule has 1 fully saturated rings. The number of halogens is 2. The SMILES string of the molecule is Cl.NCCc1nc(C(=O)NC2(c3cccc(Br)c3)CC2)cs1. The van der Waals surface area contributed by atoms with Gasteiger partial charge in [-0.25, -0.2) is 4.98 Å². The number of thiazole rings is 1. The Morgan fingerprint density at radius 2 is 2.23 bits per heavy atom. The van der Waals surface area contributed by atoms with Gasteiger partial charge in [-0.15, -0.1) is 23.7 Å². The van der Waals surface area contributed by atoms with Crippen molar-refractivity contribution < 1.29 is 4.79 Å². The molecule has 1 amide bonds. The summed E-state index contributed by atoms with van der Waals surface area (Å²) < 4.78 is 1.03. The van der Waals surface area contributed by atoms with Crippen LogP contribution >= 0.6 is 39.7 Å². The molecule has 0 radical (unpaired) electrons. The lowest BCUT2D eigenvalue weighted by Crippen LogP contribution is -2.35. The van der Waals surface area contributed by atoms with Crippen molar-refractivity contribution in [2.24, 2.45) is 5.73 Å². The molecule has 118 valence electrons. The number of aromatic nitrogens is 1. The average molecular weight is 403 g/mol. The molecule has 0 bridgehead atoms. The Morgan fingerprint density at radius 3 is 2.86 bits per heavy atom. The monoisotopic (exact) mass is 401 g/mol. The summed E-state index contributed by atoms with van der Waals surface area (Å²) in [4.78, 5) is 16.7. The highest BCUT2D eigenvalue weighted by molar-refractivity contribution is 9.10. The number of carbonyl (C=O) groups is 1. The number of hydrogen-bond donors (Lipinski definition) is 2. The number of amides is 1. The highest BCUT2D eigenvalue weighted by atomic mass is 79.9. The molecule has 3 N–H and O–H groups in total. The minimum atomic E-state index is -0.224. The molecule has 1 aromatic heterocycles. The van der Waals surface area contributed by atoms with Gasteiger partial charge in [-0.3, -0.25) is 4.79 Å². The number of rotatable bonds is 5. The summed E-state index contributed by atoms with van der Waals surface area (Å²) in [6, 6.07) is 8.10. The number of carbonyl (C=O) groups excluding carboxylic acids is 1. The van der Waals surface area contributed by atoms with E-state index in [0.29, 0.717) is 18.7 Å². The third-order valence-electron chi connectivity index (χ3n) is 3.62. The van der Waals surface area contributed by atoms with Gasteiger partial charge in [0, 0.05) is 16.3 Å². The van der Waals surface area contributed by atoms with E-state index in [2.05, 4.69) is 38.4 Å². The Morgan fingerprint density at radius 1 is 1.45 bits per heavy atom. The third kappa shape index (κ3) is 3.68. The molecule has 1 aromatic carbocycles. The molecule has 0 spiro atoms. The molecule has 0 unspecified atom stereocenters. The van der Waals surface area contributed by atoms with Gasteiger partial charge in [0.1, 0.15) is 5.69 Å². The van der Waals surface area contributed by atoms with Crippen molar-refractivity contribution in [3.05, 3.63) is 50.4 Å². The maximum atomic E-state index is 12.4. The van der Waals surface area contributed by atoms with Crippen molar-refractivity contribution in [1.29, 1.82) is 0 Å². The zero-order valence-electron chi connectivity index (χ0n) is 11.8. The second-order valence-electron chi connectivity index (χ2n) is 5.21. The van der Waals surface area contributed by atoms with Crippen LogP contribution in [0.2, 0.25) is 0 Å². The standard InChI is InChI=1S/C15H16BrN3OS.ClH/c16-11-3-1-2-10(8-11)15(5-6-15)19-14(20)12-9-21-13(18-12)4-7-17;/h1-3,8-9H,4-7,17H2,(H,19,20);1H. The molecule has 7 heteroatoms. The quantitative estimate of drug-likeness (QED) is 0.806. The van der Waals surface area contributed by atoms with E-state index in [0.717, 1.165) is 27.9 Å². The minimum Gasteiger partial charge on any atom is -0.341 e. The van der Waals surface area contributed by atoms with Crippen LogP contribution in [-0.4, -0.2) is 17.4 Å². The summed E-state index contributed by atoms with van der Waals surface area (Å²) >= 11 is 4.97. The predicted octanol–water partition coefficient (Wildman–Crippen LogP) is 3.25. The fourth-order valence-electron chi connectivity index (χ4n) is 2.33. The molecule has 0 saturated heterocycles. The summed E-state index contributed by atoms with van der Waals surface area (Å²) in [6.07, 6.45) is 2.65. The van der Waals surface area contributed by atoms with Crippen LogP contribution in [0.4, 0.5) is 0 Å². The first kappa shape index (κ1) is 17.4. The van der Waals surface area contributed by atoms with E-state index in [1.54, 1.807) is 5.38 Å². The van der Waals surface area contributed by atoms with Gasteiger partial charge in [-0.05, 0) is 37.1 Å². The third-order valence-corrected chi connectivity index (χ3v) is 5.02. The second-order valence-corrected chi connectivity index (χ2v) is 7.07. The van der Waals surface area contributed by atoms with Crippen LogP contribution < -0.4 is 11.1 Å². The fraction of sp³-hybridized carbons (Fsp3) is 0.333. The number of nitrogens with zero attached hydrogens (tertiary/aromatic N) is 1. The Hall–Kier alpha value is -0.950. The van der Waals surface area contributed by atoms with Crippen LogP contribution in [0.15, 0.2) is 34.1 Å². The molecular formula is C15H17BrClN3OS. The van der Waals surface area contributed by atoms with Crippen molar-refractivity contribution >= 4 is 45.6 Å². The number of nitrogens with one attached hydrogen (secondary N) is 1. The first-order valence-electron chi connectivity index (χ1n) is 6.86. The van der Waals surface area contributed by atoms with Gasteiger partial charge in [0.2, 0.25) is 0 Å². The van der Waals surface area contributed by atoms with E-state index in [1.165, 1.54) is 11.3 Å². The zero-order chi connectivity index (χ0) is 14.9. The first-order chi connectivity index (χ1) is 10.1. The van der Waals surface area contributed by atoms with E-state index in [-0.39, 0.29) is 23.9 Å². The second kappa shape index (κ2) is 7.08. The van der Waals surface area contributed by atoms with E-state index in [4.69, 9.17) is 5.73 Å². The average Bonchev–Trinajstić information content (AvgIpc) is 3.09. The topological polar surface area (TPSA) is 68.0 Å². The number of nitrogens with two attached hydrogens (primary N) is 1. The predicted molar refractivity (Wildman–Crippen MR) is 94.6 cm³/mol. The summed E-state index contributed by atoms with van der Waals surface area (Å²) in [5.74, 6) is -0.105. The van der Waals surface area contributed by atoms with Crippen LogP contribution in [0.25, 0.3) is 0 Å². The van der Waals surface area contributed by atoms with Crippen molar-refractivity contribution in [2.75, 3.05) is 6.54 Å². The van der Waals surface area contributed by atoms with Crippen LogP contribution in [0.1, 0.15) is 33.9 Å². The molecule has 0 atom stereocenters. The van der Waals surface area contributed by atoms with Gasteiger partial charge in [-0.2, -0.15) is 0 Å². The molecule has 1 saturated carbocycles. The molecule has 1 aliphatic carbocycles. The summed E-state index contributed by atoms with van der Waals surface area (Å²) in [5, 5.41) is 5.85. The lowest BCUT2D eigenvalue weighted by molar-refractivity contribution is 0.0926. The lowest BCUT2D eigenvalue weighted by atomic mass is 10.1. The Kier molecular flexibility index (Phi) is 5.60. The lowest BCUT2D eigenvalue weighted by Gasteiger charge is -2.17. The maximum absolute atomic E-state index is 12.4. The molecule has 0 aliphatic heterocycles.